The number of methoxy groups -OCH3 is 2. The van der Waals surface area contributed by atoms with Gasteiger partial charge in [-0.1, -0.05) is 0 Å². The number of carbonyl (C=O) groups is 1. The zero-order chi connectivity index (χ0) is 20.6. The second-order valence-corrected chi connectivity index (χ2v) is 7.77. The predicted molar refractivity (Wildman–Crippen MR) is 98.1 cm³/mol. The maximum absolute atomic E-state index is 12.7. The van der Waals surface area contributed by atoms with Crippen molar-refractivity contribution in [1.29, 1.82) is 0 Å². The lowest BCUT2D eigenvalue weighted by Gasteiger charge is -2.30. The van der Waals surface area contributed by atoms with Crippen LogP contribution < -0.4 is 10.3 Å². The molecule has 1 fully saturated rings. The molecule has 1 aliphatic heterocycles. The summed E-state index contributed by atoms with van der Waals surface area (Å²) in [5.41, 5.74) is -1.19. The summed E-state index contributed by atoms with van der Waals surface area (Å²) in [5.74, 6) is -0.796. The van der Waals surface area contributed by atoms with Gasteiger partial charge in [0.15, 0.2) is 6.29 Å². The highest BCUT2D eigenvalue weighted by Crippen LogP contribution is 2.46. The molecule has 2 rings (SSSR count). The third-order valence-corrected chi connectivity index (χ3v) is 5.38. The second-order valence-electron chi connectivity index (χ2n) is 7.77. The maximum atomic E-state index is 12.7. The molecule has 8 nitrogen and oxygen atoms in total. The SMILES string of the molecule is COc1cn(C(C[C@H](C)OC)C(=O)O)c(=O)cc1C1OC(C)(C)C(C)(C)O1. The molecule has 0 bridgehead atoms. The number of aliphatic carboxylic acids is 1. The summed E-state index contributed by atoms with van der Waals surface area (Å²) in [4.78, 5) is 24.4. The normalized spacial score (nSPS) is 21.0. The standard InChI is InChI=1S/C19H29NO7/c1-11(24-6)8-13(16(22)23)20-10-14(25-7)12(9-15(20)21)17-26-18(2,3)19(4,5)27-17/h9-11,13,17H,8H2,1-7H3,(H,22,23)/t11-,13?/m0/s1. The van der Waals surface area contributed by atoms with Gasteiger partial charge in [0.1, 0.15) is 11.8 Å². The Morgan fingerprint density at radius 2 is 1.81 bits per heavy atom. The molecule has 27 heavy (non-hydrogen) atoms. The lowest BCUT2D eigenvalue weighted by atomic mass is 9.90. The van der Waals surface area contributed by atoms with E-state index in [0.29, 0.717) is 11.3 Å². The maximum Gasteiger partial charge on any atom is 0.326 e. The molecule has 1 saturated heterocycles. The van der Waals surface area contributed by atoms with Gasteiger partial charge in [0, 0.05) is 19.6 Å². The number of carboxylic acid groups (broad SMARTS) is 1. The van der Waals surface area contributed by atoms with Crippen molar-refractivity contribution in [3.05, 3.63) is 28.2 Å². The minimum absolute atomic E-state index is 0.144. The van der Waals surface area contributed by atoms with E-state index >= 15 is 0 Å². The number of ether oxygens (including phenoxy) is 4. The van der Waals surface area contributed by atoms with Crippen LogP contribution >= 0.6 is 0 Å². The van der Waals surface area contributed by atoms with Crippen LogP contribution in [0.2, 0.25) is 0 Å². The first kappa shape index (κ1) is 21.4. The number of pyridine rings is 1. The molecule has 8 heteroatoms. The quantitative estimate of drug-likeness (QED) is 0.773. The zero-order valence-electron chi connectivity index (χ0n) is 16.9. The van der Waals surface area contributed by atoms with E-state index in [1.165, 1.54) is 26.5 Å². The molecule has 0 aromatic carbocycles. The Hall–Kier alpha value is -1.90. The van der Waals surface area contributed by atoms with Crippen molar-refractivity contribution >= 4 is 5.97 Å². The van der Waals surface area contributed by atoms with Gasteiger partial charge in [0.2, 0.25) is 0 Å². The van der Waals surface area contributed by atoms with Gasteiger partial charge in [0.05, 0.1) is 36.2 Å². The Morgan fingerprint density at radius 3 is 2.26 bits per heavy atom. The molecule has 1 aromatic heterocycles. The largest absolute Gasteiger partial charge is 0.495 e. The highest BCUT2D eigenvalue weighted by molar-refractivity contribution is 5.72. The molecule has 2 atom stereocenters. The molecule has 1 aromatic rings. The third kappa shape index (κ3) is 4.17. The lowest BCUT2D eigenvalue weighted by Crippen LogP contribution is -2.41. The van der Waals surface area contributed by atoms with Crippen molar-refractivity contribution in [2.45, 2.75) is 70.7 Å². The Labute approximate surface area is 159 Å². The number of aromatic nitrogens is 1. The molecule has 1 unspecified atom stereocenters. The van der Waals surface area contributed by atoms with Gasteiger partial charge < -0.3 is 24.1 Å². The zero-order valence-corrected chi connectivity index (χ0v) is 16.9. The lowest BCUT2D eigenvalue weighted by molar-refractivity contribution is -0.142. The van der Waals surface area contributed by atoms with Crippen LogP contribution in [0, 0.1) is 0 Å². The fourth-order valence-electron chi connectivity index (χ4n) is 2.86. The van der Waals surface area contributed by atoms with Gasteiger partial charge in [0.25, 0.3) is 5.56 Å². The Morgan fingerprint density at radius 1 is 1.26 bits per heavy atom. The van der Waals surface area contributed by atoms with Crippen LogP contribution in [0.25, 0.3) is 0 Å². The average molecular weight is 383 g/mol. The number of hydrogen-bond donors (Lipinski definition) is 1. The van der Waals surface area contributed by atoms with E-state index in [2.05, 4.69) is 0 Å². The van der Waals surface area contributed by atoms with Crippen molar-refractivity contribution in [1.82, 2.24) is 4.57 Å². The summed E-state index contributed by atoms with van der Waals surface area (Å²) in [6.07, 6.45) is 0.425. The third-order valence-electron chi connectivity index (χ3n) is 5.38. The topological polar surface area (TPSA) is 96.2 Å². The van der Waals surface area contributed by atoms with Crippen molar-refractivity contribution in [3.63, 3.8) is 0 Å². The van der Waals surface area contributed by atoms with Crippen molar-refractivity contribution < 1.29 is 28.8 Å². The molecule has 1 aliphatic rings. The fraction of sp³-hybridized carbons (Fsp3) is 0.684. The van der Waals surface area contributed by atoms with Crippen LogP contribution in [-0.2, 0) is 19.0 Å². The number of rotatable bonds is 7. The first-order chi connectivity index (χ1) is 12.4. The van der Waals surface area contributed by atoms with Crippen molar-refractivity contribution in [3.8, 4) is 5.75 Å². The van der Waals surface area contributed by atoms with Gasteiger partial charge in [-0.3, -0.25) is 9.36 Å². The van der Waals surface area contributed by atoms with E-state index < -0.39 is 35.1 Å². The Balaban J connectivity index is 2.46. The van der Waals surface area contributed by atoms with Crippen LogP contribution in [0.4, 0.5) is 0 Å². The minimum Gasteiger partial charge on any atom is -0.495 e. The molecule has 0 saturated carbocycles. The van der Waals surface area contributed by atoms with Gasteiger partial charge in [-0.25, -0.2) is 4.79 Å². The Kier molecular flexibility index (Phi) is 6.03. The molecule has 1 N–H and O–H groups in total. The van der Waals surface area contributed by atoms with Crippen molar-refractivity contribution in [2.75, 3.05) is 14.2 Å². The van der Waals surface area contributed by atoms with E-state index in [-0.39, 0.29) is 12.5 Å². The predicted octanol–water partition coefficient (Wildman–Crippen LogP) is 2.51. The molecular weight excluding hydrogens is 354 g/mol. The van der Waals surface area contributed by atoms with Crippen LogP contribution in [0.15, 0.2) is 17.1 Å². The van der Waals surface area contributed by atoms with Crippen LogP contribution in [0.5, 0.6) is 5.75 Å². The highest BCUT2D eigenvalue weighted by atomic mass is 16.7. The van der Waals surface area contributed by atoms with Gasteiger partial charge in [-0.15, -0.1) is 0 Å². The average Bonchev–Trinajstić information content (AvgIpc) is 2.79. The summed E-state index contributed by atoms with van der Waals surface area (Å²) >= 11 is 0. The summed E-state index contributed by atoms with van der Waals surface area (Å²) in [7, 11) is 2.95. The number of hydrogen-bond acceptors (Lipinski definition) is 6. The summed E-state index contributed by atoms with van der Waals surface area (Å²) < 4.78 is 23.7. The van der Waals surface area contributed by atoms with Crippen LogP contribution in [-0.4, -0.2) is 47.2 Å². The summed E-state index contributed by atoms with van der Waals surface area (Å²) in [6, 6.07) is 0.239. The molecule has 0 spiro atoms. The first-order valence-electron chi connectivity index (χ1n) is 8.85. The number of carboxylic acids is 1. The van der Waals surface area contributed by atoms with E-state index in [9.17, 15) is 14.7 Å². The summed E-state index contributed by atoms with van der Waals surface area (Å²) in [5, 5.41) is 9.57. The van der Waals surface area contributed by atoms with E-state index in [0.717, 1.165) is 4.57 Å². The molecule has 0 amide bonds. The fourth-order valence-corrected chi connectivity index (χ4v) is 2.86. The second kappa shape index (κ2) is 7.61. The number of nitrogens with zero attached hydrogens (tertiary/aromatic N) is 1. The minimum atomic E-state index is -1.12. The van der Waals surface area contributed by atoms with Crippen molar-refractivity contribution in [2.24, 2.45) is 0 Å². The highest BCUT2D eigenvalue weighted by Gasteiger charge is 2.50. The smallest absolute Gasteiger partial charge is 0.326 e. The van der Waals surface area contributed by atoms with E-state index in [1.54, 1.807) is 6.92 Å². The van der Waals surface area contributed by atoms with Gasteiger partial charge in [-0.05, 0) is 34.6 Å². The molecule has 2 heterocycles. The van der Waals surface area contributed by atoms with E-state index in [1.807, 2.05) is 27.7 Å². The molecular formula is C19H29NO7. The molecule has 0 aliphatic carbocycles. The van der Waals surface area contributed by atoms with Gasteiger partial charge in [-0.2, -0.15) is 0 Å². The van der Waals surface area contributed by atoms with Crippen LogP contribution in [0.3, 0.4) is 0 Å². The Bertz CT molecular complexity index is 737. The first-order valence-corrected chi connectivity index (χ1v) is 8.85. The molecule has 0 radical (unpaired) electrons. The molecule has 152 valence electrons. The monoisotopic (exact) mass is 383 g/mol. The van der Waals surface area contributed by atoms with E-state index in [4.69, 9.17) is 18.9 Å². The van der Waals surface area contributed by atoms with Crippen LogP contribution in [0.1, 0.15) is 58.9 Å². The summed E-state index contributed by atoms with van der Waals surface area (Å²) in [6.45, 7) is 9.39. The van der Waals surface area contributed by atoms with Gasteiger partial charge >= 0.3 is 5.97 Å².